The highest BCUT2D eigenvalue weighted by Crippen LogP contribution is 2.42. The molecule has 2 heterocycles. The van der Waals surface area contributed by atoms with E-state index in [0.29, 0.717) is 0 Å². The highest BCUT2D eigenvalue weighted by atomic mass is 32.1. The minimum atomic E-state index is 1.31. The van der Waals surface area contributed by atoms with Crippen LogP contribution in [0.15, 0.2) is 60.7 Å². The first-order valence-electron chi connectivity index (χ1n) is 5.88. The van der Waals surface area contributed by atoms with Gasteiger partial charge in [0.05, 0.1) is 4.70 Å². The molecule has 2 aromatic carbocycles. The largest absolute Gasteiger partial charge is 0.134 e. The van der Waals surface area contributed by atoms with Crippen molar-refractivity contribution in [3.63, 3.8) is 0 Å². The molecule has 86 valence electrons. The van der Waals surface area contributed by atoms with E-state index in [1.807, 2.05) is 22.7 Å². The van der Waals surface area contributed by atoms with E-state index in [1.165, 1.54) is 29.9 Å². The van der Waals surface area contributed by atoms with Crippen LogP contribution in [0, 0.1) is 0 Å². The summed E-state index contributed by atoms with van der Waals surface area (Å²) in [6.45, 7) is 0. The third-order valence-electron chi connectivity index (χ3n) is 3.11. The van der Waals surface area contributed by atoms with Crippen LogP contribution in [0.4, 0.5) is 0 Å². The molecule has 0 unspecified atom stereocenters. The lowest BCUT2D eigenvalue weighted by Gasteiger charge is -1.94. The second-order valence-electron chi connectivity index (χ2n) is 4.27. The summed E-state index contributed by atoms with van der Waals surface area (Å²) in [6, 6.07) is 21.6. The molecule has 18 heavy (non-hydrogen) atoms. The summed E-state index contributed by atoms with van der Waals surface area (Å²) in [5, 5.41) is 1.39. The lowest BCUT2D eigenvalue weighted by atomic mass is 10.2. The zero-order valence-corrected chi connectivity index (χ0v) is 11.2. The van der Waals surface area contributed by atoms with E-state index < -0.39 is 0 Å². The molecule has 0 fully saturated rings. The summed E-state index contributed by atoms with van der Waals surface area (Å²) in [5.74, 6) is 0. The molecule has 0 bridgehead atoms. The molecule has 0 N–H and O–H groups in total. The van der Waals surface area contributed by atoms with E-state index in [-0.39, 0.29) is 0 Å². The lowest BCUT2D eigenvalue weighted by molar-refractivity contribution is 1.70. The monoisotopic (exact) mass is 266 g/mol. The maximum absolute atomic E-state index is 2.32. The van der Waals surface area contributed by atoms with Gasteiger partial charge < -0.3 is 0 Å². The van der Waals surface area contributed by atoms with Gasteiger partial charge in [-0.1, -0.05) is 48.5 Å². The van der Waals surface area contributed by atoms with Crippen LogP contribution < -0.4 is 0 Å². The topological polar surface area (TPSA) is 0 Å². The Morgan fingerprint density at radius 1 is 0.667 bits per heavy atom. The summed E-state index contributed by atoms with van der Waals surface area (Å²) in [5.41, 5.74) is 1.31. The van der Waals surface area contributed by atoms with Crippen LogP contribution in [0.5, 0.6) is 0 Å². The molecule has 0 aliphatic heterocycles. The van der Waals surface area contributed by atoms with Crippen molar-refractivity contribution in [2.24, 2.45) is 0 Å². The van der Waals surface area contributed by atoms with Gasteiger partial charge in [-0.2, -0.15) is 0 Å². The predicted molar refractivity (Wildman–Crippen MR) is 82.6 cm³/mol. The Bertz CT molecular complexity index is 822. The molecule has 2 heteroatoms. The number of thiophene rings is 2. The first-order valence-corrected chi connectivity index (χ1v) is 7.51. The molecule has 0 aliphatic rings. The Morgan fingerprint density at radius 2 is 1.44 bits per heavy atom. The van der Waals surface area contributed by atoms with Crippen LogP contribution in [0.25, 0.3) is 29.9 Å². The zero-order chi connectivity index (χ0) is 11.9. The third kappa shape index (κ3) is 1.50. The first-order chi connectivity index (χ1) is 8.92. The zero-order valence-electron chi connectivity index (χ0n) is 9.59. The number of hydrogen-bond donors (Lipinski definition) is 0. The van der Waals surface area contributed by atoms with E-state index in [1.54, 1.807) is 0 Å². The van der Waals surface area contributed by atoms with Crippen molar-refractivity contribution in [1.29, 1.82) is 0 Å². The van der Waals surface area contributed by atoms with E-state index in [2.05, 4.69) is 60.7 Å². The smallest absolute Gasteiger partial charge is 0.0535 e. The molecule has 0 spiro atoms. The number of fused-ring (bicyclic) bond motifs is 3. The number of benzene rings is 2. The van der Waals surface area contributed by atoms with Crippen molar-refractivity contribution in [2.75, 3.05) is 0 Å². The molecular formula is C16H10S2. The van der Waals surface area contributed by atoms with E-state index >= 15 is 0 Å². The fourth-order valence-electron chi connectivity index (χ4n) is 2.24. The van der Waals surface area contributed by atoms with Gasteiger partial charge in [0, 0.05) is 19.7 Å². The molecule has 0 radical (unpaired) electrons. The van der Waals surface area contributed by atoms with Gasteiger partial charge in [0.25, 0.3) is 0 Å². The van der Waals surface area contributed by atoms with Crippen molar-refractivity contribution in [1.82, 2.24) is 0 Å². The normalized spacial score (nSPS) is 11.3. The molecule has 0 saturated heterocycles. The van der Waals surface area contributed by atoms with Gasteiger partial charge in [0.1, 0.15) is 0 Å². The number of hydrogen-bond acceptors (Lipinski definition) is 2. The average molecular weight is 266 g/mol. The summed E-state index contributed by atoms with van der Waals surface area (Å²) in [4.78, 5) is 1.36. The van der Waals surface area contributed by atoms with Crippen molar-refractivity contribution < 1.29 is 0 Å². The maximum Gasteiger partial charge on any atom is 0.0535 e. The minimum Gasteiger partial charge on any atom is -0.134 e. The van der Waals surface area contributed by atoms with Gasteiger partial charge in [-0.15, -0.1) is 22.7 Å². The van der Waals surface area contributed by atoms with Crippen molar-refractivity contribution in [3.8, 4) is 10.4 Å². The summed E-state index contributed by atoms with van der Waals surface area (Å²) < 4.78 is 4.22. The highest BCUT2D eigenvalue weighted by Gasteiger charge is 2.09. The Balaban J connectivity index is 2.00. The molecule has 0 atom stereocenters. The second-order valence-corrected chi connectivity index (χ2v) is 6.40. The Labute approximate surface area is 113 Å². The third-order valence-corrected chi connectivity index (χ3v) is 5.57. The molecule has 0 saturated carbocycles. The van der Waals surface area contributed by atoms with Crippen LogP contribution in [0.1, 0.15) is 0 Å². The highest BCUT2D eigenvalue weighted by molar-refractivity contribution is 7.33. The van der Waals surface area contributed by atoms with Gasteiger partial charge in [0.2, 0.25) is 0 Å². The standard InChI is InChI=1S/C16H10S2/c1-2-6-11(7-3-1)14-10-15-16(18-14)12-8-4-5-9-13(12)17-15/h1-10H. The summed E-state index contributed by atoms with van der Waals surface area (Å²) in [7, 11) is 0. The summed E-state index contributed by atoms with van der Waals surface area (Å²) in [6.07, 6.45) is 0. The molecule has 0 nitrogen and oxygen atoms in total. The molecular weight excluding hydrogens is 256 g/mol. The van der Waals surface area contributed by atoms with Crippen LogP contribution in [-0.2, 0) is 0 Å². The van der Waals surface area contributed by atoms with E-state index in [4.69, 9.17) is 0 Å². The Kier molecular flexibility index (Phi) is 2.25. The first kappa shape index (κ1) is 10.3. The van der Waals surface area contributed by atoms with Crippen LogP contribution >= 0.6 is 22.7 Å². The fraction of sp³-hybridized carbons (Fsp3) is 0. The SMILES string of the molecule is c1ccc(-c2cc3sc4ccccc4c3s2)cc1. The van der Waals surface area contributed by atoms with Gasteiger partial charge in [-0.25, -0.2) is 0 Å². The summed E-state index contributed by atoms with van der Waals surface area (Å²) >= 11 is 3.78. The Hall–Kier alpha value is -1.64. The van der Waals surface area contributed by atoms with Crippen LogP contribution in [0.3, 0.4) is 0 Å². The Morgan fingerprint density at radius 3 is 2.33 bits per heavy atom. The van der Waals surface area contributed by atoms with Crippen LogP contribution in [0.2, 0.25) is 0 Å². The van der Waals surface area contributed by atoms with E-state index in [9.17, 15) is 0 Å². The van der Waals surface area contributed by atoms with Gasteiger partial charge >= 0.3 is 0 Å². The predicted octanol–water partition coefficient (Wildman–Crippen LogP) is 5.78. The van der Waals surface area contributed by atoms with Gasteiger partial charge in [-0.3, -0.25) is 0 Å². The van der Waals surface area contributed by atoms with E-state index in [0.717, 1.165) is 0 Å². The molecule has 0 aliphatic carbocycles. The maximum atomic E-state index is 2.32. The average Bonchev–Trinajstić information content (AvgIpc) is 2.97. The molecule has 4 rings (SSSR count). The molecule has 0 amide bonds. The lowest BCUT2D eigenvalue weighted by Crippen LogP contribution is -1.67. The van der Waals surface area contributed by atoms with Crippen molar-refractivity contribution in [3.05, 3.63) is 60.7 Å². The van der Waals surface area contributed by atoms with Crippen molar-refractivity contribution in [2.45, 2.75) is 0 Å². The van der Waals surface area contributed by atoms with Crippen molar-refractivity contribution >= 4 is 42.2 Å². The van der Waals surface area contributed by atoms with Crippen LogP contribution in [-0.4, -0.2) is 0 Å². The van der Waals surface area contributed by atoms with Gasteiger partial charge in [-0.05, 0) is 17.7 Å². The number of rotatable bonds is 1. The quantitative estimate of drug-likeness (QED) is 0.409. The molecule has 4 aromatic rings. The fourth-order valence-corrected chi connectivity index (χ4v) is 4.77. The molecule has 2 aromatic heterocycles. The minimum absolute atomic E-state index is 1.31. The second kappa shape index (κ2) is 3.94. The van der Waals surface area contributed by atoms with Gasteiger partial charge in [0.15, 0.2) is 0 Å².